The maximum absolute atomic E-state index is 12.9. The highest BCUT2D eigenvalue weighted by atomic mass is 35.5. The standard InChI is InChI=1S/C19H21ClF3N3O2/c20-14-9-12(19(21,22)23)11-24-16(14)25-7-3-13(4-8-25)26-15(27)10-18(17(26)28)5-1-2-6-18/h9,11,13H,1-8,10H2. The number of imide groups is 1. The number of alkyl halides is 3. The number of nitrogens with zero attached hydrogens (tertiary/aromatic N) is 3. The van der Waals surface area contributed by atoms with E-state index in [-0.39, 0.29) is 22.9 Å². The number of pyridine rings is 1. The molecule has 3 fully saturated rings. The minimum Gasteiger partial charge on any atom is -0.355 e. The van der Waals surface area contributed by atoms with Crippen molar-refractivity contribution in [3.05, 3.63) is 22.8 Å². The van der Waals surface area contributed by atoms with E-state index in [0.717, 1.165) is 37.9 Å². The maximum atomic E-state index is 12.9. The summed E-state index contributed by atoms with van der Waals surface area (Å²) in [7, 11) is 0. The smallest absolute Gasteiger partial charge is 0.355 e. The van der Waals surface area contributed by atoms with Gasteiger partial charge in [-0.2, -0.15) is 13.2 Å². The predicted molar refractivity (Wildman–Crippen MR) is 96.9 cm³/mol. The SMILES string of the molecule is O=C1CC2(CCCC2)C(=O)N1C1CCN(c2ncc(C(F)(F)F)cc2Cl)CC1. The third kappa shape index (κ3) is 3.25. The molecule has 9 heteroatoms. The van der Waals surface area contributed by atoms with Crippen LogP contribution in [0.5, 0.6) is 0 Å². The van der Waals surface area contributed by atoms with Gasteiger partial charge in [-0.3, -0.25) is 14.5 Å². The molecule has 0 atom stereocenters. The van der Waals surface area contributed by atoms with E-state index in [4.69, 9.17) is 11.6 Å². The van der Waals surface area contributed by atoms with Gasteiger partial charge in [0.25, 0.3) is 0 Å². The van der Waals surface area contributed by atoms with Crippen LogP contribution in [0.2, 0.25) is 5.02 Å². The third-order valence-electron chi connectivity index (χ3n) is 6.27. The van der Waals surface area contributed by atoms with Gasteiger partial charge in [-0.1, -0.05) is 24.4 Å². The Morgan fingerprint density at radius 3 is 2.36 bits per heavy atom. The van der Waals surface area contributed by atoms with Gasteiger partial charge in [0, 0.05) is 31.7 Å². The van der Waals surface area contributed by atoms with E-state index in [1.807, 2.05) is 4.90 Å². The number of anilines is 1. The molecule has 2 amide bonds. The number of carbonyl (C=O) groups is 2. The van der Waals surface area contributed by atoms with E-state index in [1.54, 1.807) is 0 Å². The number of carbonyl (C=O) groups excluding carboxylic acids is 2. The van der Waals surface area contributed by atoms with Crippen LogP contribution in [-0.2, 0) is 15.8 Å². The van der Waals surface area contributed by atoms with E-state index in [0.29, 0.717) is 38.2 Å². The zero-order valence-corrected chi connectivity index (χ0v) is 16.0. The average Bonchev–Trinajstić information content (AvgIpc) is 3.20. The van der Waals surface area contributed by atoms with Gasteiger partial charge in [0.1, 0.15) is 5.82 Å². The van der Waals surface area contributed by atoms with Gasteiger partial charge in [0.05, 0.1) is 16.0 Å². The molecule has 1 aliphatic carbocycles. The molecule has 4 rings (SSSR count). The molecule has 5 nitrogen and oxygen atoms in total. The van der Waals surface area contributed by atoms with Crippen molar-refractivity contribution >= 4 is 29.2 Å². The van der Waals surface area contributed by atoms with Gasteiger partial charge in [-0.05, 0) is 31.7 Å². The van der Waals surface area contributed by atoms with Gasteiger partial charge in [0.2, 0.25) is 11.8 Å². The van der Waals surface area contributed by atoms with Gasteiger partial charge < -0.3 is 4.90 Å². The van der Waals surface area contributed by atoms with Crippen LogP contribution in [0.1, 0.15) is 50.5 Å². The van der Waals surface area contributed by atoms with E-state index >= 15 is 0 Å². The lowest BCUT2D eigenvalue weighted by molar-refractivity contribution is -0.144. The summed E-state index contributed by atoms with van der Waals surface area (Å²) in [6.45, 7) is 0.958. The minimum absolute atomic E-state index is 0.0286. The zero-order valence-electron chi connectivity index (χ0n) is 15.3. The van der Waals surface area contributed by atoms with Gasteiger partial charge in [-0.15, -0.1) is 0 Å². The number of likely N-dealkylation sites (tertiary alicyclic amines) is 1. The molecule has 3 heterocycles. The third-order valence-corrected chi connectivity index (χ3v) is 6.55. The number of hydrogen-bond acceptors (Lipinski definition) is 4. The molecule has 2 aliphatic heterocycles. The second-order valence-electron chi connectivity index (χ2n) is 7.98. The first-order valence-electron chi connectivity index (χ1n) is 9.55. The topological polar surface area (TPSA) is 53.5 Å². The van der Waals surface area contributed by atoms with Crippen LogP contribution < -0.4 is 4.90 Å². The van der Waals surface area contributed by atoms with Gasteiger partial charge in [-0.25, -0.2) is 4.98 Å². The summed E-state index contributed by atoms with van der Waals surface area (Å²) < 4.78 is 38.3. The van der Waals surface area contributed by atoms with Crippen LogP contribution in [0, 0.1) is 5.41 Å². The van der Waals surface area contributed by atoms with Crippen molar-refractivity contribution in [3.63, 3.8) is 0 Å². The Morgan fingerprint density at radius 1 is 1.14 bits per heavy atom. The van der Waals surface area contributed by atoms with Crippen LogP contribution in [0.25, 0.3) is 0 Å². The number of hydrogen-bond donors (Lipinski definition) is 0. The lowest BCUT2D eigenvalue weighted by atomic mass is 9.84. The van der Waals surface area contributed by atoms with Crippen molar-refractivity contribution < 1.29 is 22.8 Å². The van der Waals surface area contributed by atoms with Crippen LogP contribution >= 0.6 is 11.6 Å². The van der Waals surface area contributed by atoms with Crippen molar-refractivity contribution in [2.75, 3.05) is 18.0 Å². The molecule has 152 valence electrons. The molecule has 2 saturated heterocycles. The molecule has 1 aromatic rings. The number of amides is 2. The fourth-order valence-corrected chi connectivity index (χ4v) is 5.07. The fraction of sp³-hybridized carbons (Fsp3) is 0.632. The molecule has 0 bridgehead atoms. The Morgan fingerprint density at radius 2 is 1.79 bits per heavy atom. The summed E-state index contributed by atoms with van der Waals surface area (Å²) in [6, 6.07) is 0.720. The van der Waals surface area contributed by atoms with Gasteiger partial charge >= 0.3 is 6.18 Å². The summed E-state index contributed by atoms with van der Waals surface area (Å²) in [4.78, 5) is 32.6. The van der Waals surface area contributed by atoms with E-state index in [1.165, 1.54) is 4.90 Å². The summed E-state index contributed by atoms with van der Waals surface area (Å²) in [5, 5.41) is -0.0495. The van der Waals surface area contributed by atoms with Gasteiger partial charge in [0.15, 0.2) is 0 Å². The number of piperidine rings is 1. The normalized spacial score (nSPS) is 23.3. The van der Waals surface area contributed by atoms with Crippen molar-refractivity contribution in [3.8, 4) is 0 Å². The van der Waals surface area contributed by atoms with E-state index < -0.39 is 17.2 Å². The lowest BCUT2D eigenvalue weighted by Crippen LogP contribution is -2.48. The first-order chi connectivity index (χ1) is 13.2. The molecule has 0 N–H and O–H groups in total. The lowest BCUT2D eigenvalue weighted by Gasteiger charge is -2.37. The Hall–Kier alpha value is -1.83. The van der Waals surface area contributed by atoms with Crippen LogP contribution in [0.15, 0.2) is 12.3 Å². The molecule has 1 saturated carbocycles. The largest absolute Gasteiger partial charge is 0.417 e. The van der Waals surface area contributed by atoms with Crippen molar-refractivity contribution in [2.45, 2.75) is 57.2 Å². The Bertz CT molecular complexity index is 800. The fourth-order valence-electron chi connectivity index (χ4n) is 4.79. The van der Waals surface area contributed by atoms with E-state index in [9.17, 15) is 22.8 Å². The molecule has 0 unspecified atom stereocenters. The quantitative estimate of drug-likeness (QED) is 0.684. The molecule has 3 aliphatic rings. The van der Waals surface area contributed by atoms with Crippen LogP contribution in [-0.4, -0.2) is 40.8 Å². The zero-order chi connectivity index (χ0) is 20.1. The molecule has 1 aromatic heterocycles. The average molecular weight is 416 g/mol. The molecule has 0 aromatic carbocycles. The summed E-state index contributed by atoms with van der Waals surface area (Å²) in [6.07, 6.45) is 1.29. The Kier molecular flexibility index (Phi) is 4.80. The maximum Gasteiger partial charge on any atom is 0.417 e. The van der Waals surface area contributed by atoms with E-state index in [2.05, 4.69) is 4.98 Å². The first-order valence-corrected chi connectivity index (χ1v) is 9.93. The molecular weight excluding hydrogens is 395 g/mol. The minimum atomic E-state index is -4.49. The number of halogens is 4. The highest BCUT2D eigenvalue weighted by Gasteiger charge is 2.54. The van der Waals surface area contributed by atoms with Crippen molar-refractivity contribution in [1.29, 1.82) is 0 Å². The van der Waals surface area contributed by atoms with Crippen LogP contribution in [0.4, 0.5) is 19.0 Å². The second-order valence-corrected chi connectivity index (χ2v) is 8.39. The van der Waals surface area contributed by atoms with Crippen LogP contribution in [0.3, 0.4) is 0 Å². The molecule has 1 spiro atoms. The highest BCUT2D eigenvalue weighted by Crippen LogP contribution is 2.48. The summed E-state index contributed by atoms with van der Waals surface area (Å²) >= 11 is 6.04. The molecule has 28 heavy (non-hydrogen) atoms. The number of rotatable bonds is 2. The number of aromatic nitrogens is 1. The first kappa shape index (κ1) is 19.5. The second kappa shape index (κ2) is 6.90. The molecule has 0 radical (unpaired) electrons. The van der Waals surface area contributed by atoms with Crippen molar-refractivity contribution in [2.24, 2.45) is 5.41 Å². The predicted octanol–water partition coefficient (Wildman–Crippen LogP) is 4.04. The summed E-state index contributed by atoms with van der Waals surface area (Å²) in [5.74, 6) is 0.189. The Balaban J connectivity index is 1.44. The molecular formula is C19H21ClF3N3O2. The van der Waals surface area contributed by atoms with Crippen molar-refractivity contribution in [1.82, 2.24) is 9.88 Å². The highest BCUT2D eigenvalue weighted by molar-refractivity contribution is 6.33. The monoisotopic (exact) mass is 415 g/mol. The Labute approximate surface area is 165 Å². The summed E-state index contributed by atoms with van der Waals surface area (Å²) in [5.41, 5.74) is -1.36.